The third kappa shape index (κ3) is 1.96. The van der Waals surface area contributed by atoms with Gasteiger partial charge in [0.1, 0.15) is 0 Å². The normalized spacial score (nSPS) is 10.2. The Bertz CT molecular complexity index is 275. The first-order chi connectivity index (χ1) is 5.04. The zero-order valence-electron chi connectivity index (χ0n) is 4.94. The van der Waals surface area contributed by atoms with E-state index in [1.54, 1.807) is 6.07 Å². The van der Waals surface area contributed by atoms with E-state index in [0.717, 1.165) is 4.73 Å². The number of halogens is 4. The lowest BCUT2D eigenvalue weighted by molar-refractivity contribution is -0.630. The van der Waals surface area contributed by atoms with Crippen LogP contribution in [0.5, 0.6) is 0 Å². The predicted octanol–water partition coefficient (Wildman–Crippen LogP) is 3.37. The van der Waals surface area contributed by atoms with Crippen LogP contribution in [0.1, 0.15) is 0 Å². The molecule has 1 aromatic rings. The monoisotopic (exact) mass is 407 g/mol. The summed E-state index contributed by atoms with van der Waals surface area (Å²) in [6.45, 7) is 0. The van der Waals surface area contributed by atoms with E-state index >= 15 is 0 Å². The van der Waals surface area contributed by atoms with Crippen LogP contribution in [-0.4, -0.2) is 0 Å². The van der Waals surface area contributed by atoms with Crippen LogP contribution in [-0.2, 0) is 0 Å². The minimum absolute atomic E-state index is 0.451. The van der Waals surface area contributed by atoms with E-state index in [2.05, 4.69) is 63.7 Å². The molecule has 1 aromatic heterocycles. The summed E-state index contributed by atoms with van der Waals surface area (Å²) >= 11 is 12.7. The highest BCUT2D eigenvalue weighted by Gasteiger charge is 2.14. The average Bonchev–Trinajstić information content (AvgIpc) is 1.97. The minimum atomic E-state index is 0.451. The van der Waals surface area contributed by atoms with Crippen molar-refractivity contribution in [1.82, 2.24) is 0 Å². The number of aromatic nitrogens is 1. The van der Waals surface area contributed by atoms with Crippen LogP contribution in [0.3, 0.4) is 0 Å². The topological polar surface area (TPSA) is 26.9 Å². The van der Waals surface area contributed by atoms with Gasteiger partial charge in [0.2, 0.25) is 0 Å². The number of rotatable bonds is 0. The van der Waals surface area contributed by atoms with Gasteiger partial charge in [-0.05, 0) is 37.9 Å². The van der Waals surface area contributed by atoms with Crippen LogP contribution in [0.15, 0.2) is 24.2 Å². The van der Waals surface area contributed by atoms with Gasteiger partial charge in [-0.1, -0.05) is 0 Å². The van der Waals surface area contributed by atoms with Crippen LogP contribution in [0, 0.1) is 5.21 Å². The fourth-order valence-corrected chi connectivity index (χ4v) is 2.42. The third-order valence-electron chi connectivity index (χ3n) is 1.00. The number of nitrogens with zero attached hydrogens (tertiary/aromatic N) is 1. The molecule has 0 aromatic carbocycles. The van der Waals surface area contributed by atoms with E-state index in [9.17, 15) is 5.21 Å². The van der Waals surface area contributed by atoms with Crippen molar-refractivity contribution in [2.24, 2.45) is 0 Å². The van der Waals surface area contributed by atoms with Gasteiger partial charge < -0.3 is 5.21 Å². The lowest BCUT2D eigenvalue weighted by atomic mass is 10.5. The molecular formula is C5HBr4NO. The van der Waals surface area contributed by atoms with E-state index in [1.807, 2.05) is 0 Å². The average molecular weight is 411 g/mol. The van der Waals surface area contributed by atoms with E-state index < -0.39 is 0 Å². The molecule has 1 rings (SSSR count). The molecule has 0 aliphatic rings. The Morgan fingerprint density at radius 2 is 1.36 bits per heavy atom. The maximum atomic E-state index is 11.2. The van der Waals surface area contributed by atoms with Crippen molar-refractivity contribution in [3.05, 3.63) is 29.4 Å². The molecule has 0 saturated heterocycles. The van der Waals surface area contributed by atoms with Crippen LogP contribution < -0.4 is 4.73 Å². The number of hydrogen-bond donors (Lipinski definition) is 0. The number of pyridine rings is 1. The first kappa shape index (κ1) is 9.95. The molecule has 0 bridgehead atoms. The third-order valence-corrected chi connectivity index (χ3v) is 4.78. The summed E-state index contributed by atoms with van der Waals surface area (Å²) in [5.41, 5.74) is 0. The Morgan fingerprint density at radius 3 is 1.73 bits per heavy atom. The largest absolute Gasteiger partial charge is 0.617 e. The zero-order chi connectivity index (χ0) is 8.59. The second-order valence-corrected chi connectivity index (χ2v) is 4.93. The van der Waals surface area contributed by atoms with Crippen molar-refractivity contribution >= 4 is 63.7 Å². The maximum absolute atomic E-state index is 11.2. The molecule has 0 radical (unpaired) electrons. The minimum Gasteiger partial charge on any atom is -0.617 e. The molecule has 0 spiro atoms. The molecule has 0 N–H and O–H groups in total. The molecule has 0 unspecified atom stereocenters. The molecule has 11 heavy (non-hydrogen) atoms. The molecule has 2 nitrogen and oxygen atoms in total. The molecule has 1 heterocycles. The van der Waals surface area contributed by atoms with Gasteiger partial charge in [0.25, 0.3) is 9.21 Å². The van der Waals surface area contributed by atoms with Gasteiger partial charge in [0.05, 0.1) is 8.95 Å². The van der Waals surface area contributed by atoms with Crippen LogP contribution in [0.4, 0.5) is 0 Å². The van der Waals surface area contributed by atoms with Gasteiger partial charge in [-0.15, -0.1) is 0 Å². The molecule has 0 aliphatic heterocycles. The second-order valence-electron chi connectivity index (χ2n) is 1.72. The van der Waals surface area contributed by atoms with Crippen molar-refractivity contribution in [1.29, 1.82) is 0 Å². The Labute approximate surface area is 97.1 Å². The summed E-state index contributed by atoms with van der Waals surface area (Å²) in [7, 11) is 0. The van der Waals surface area contributed by atoms with Crippen LogP contribution >= 0.6 is 63.7 Å². The van der Waals surface area contributed by atoms with E-state index in [4.69, 9.17) is 0 Å². The summed E-state index contributed by atoms with van der Waals surface area (Å²) in [5.74, 6) is 0. The van der Waals surface area contributed by atoms with Crippen molar-refractivity contribution < 1.29 is 4.73 Å². The van der Waals surface area contributed by atoms with E-state index in [0.29, 0.717) is 18.2 Å². The van der Waals surface area contributed by atoms with Crippen molar-refractivity contribution in [2.45, 2.75) is 0 Å². The smallest absolute Gasteiger partial charge is 0.274 e. The molecule has 0 aliphatic carbocycles. The maximum Gasteiger partial charge on any atom is 0.274 e. The summed E-state index contributed by atoms with van der Waals surface area (Å²) in [6.07, 6.45) is 0. The Kier molecular flexibility index (Phi) is 3.37. The van der Waals surface area contributed by atoms with Gasteiger partial charge in [0, 0.05) is 31.9 Å². The molecule has 0 amide bonds. The van der Waals surface area contributed by atoms with E-state index in [1.165, 1.54) is 0 Å². The Morgan fingerprint density at radius 1 is 1.00 bits per heavy atom. The van der Waals surface area contributed by atoms with Gasteiger partial charge in [-0.2, -0.15) is 4.73 Å². The van der Waals surface area contributed by atoms with Crippen LogP contribution in [0.25, 0.3) is 0 Å². The zero-order valence-corrected chi connectivity index (χ0v) is 11.3. The molecule has 60 valence electrons. The summed E-state index contributed by atoms with van der Waals surface area (Å²) in [4.78, 5) is 0. The van der Waals surface area contributed by atoms with Gasteiger partial charge in [-0.25, -0.2) is 0 Å². The quantitative estimate of drug-likeness (QED) is 0.366. The lowest BCUT2D eigenvalue weighted by Gasteiger charge is -2.03. The van der Waals surface area contributed by atoms with E-state index in [-0.39, 0.29) is 0 Å². The molecular weight excluding hydrogens is 410 g/mol. The van der Waals surface area contributed by atoms with Gasteiger partial charge in [-0.3, -0.25) is 0 Å². The first-order valence-corrected chi connectivity index (χ1v) is 5.64. The molecule has 6 heteroatoms. The van der Waals surface area contributed by atoms with Crippen LogP contribution in [0.2, 0.25) is 0 Å². The molecule has 0 atom stereocenters. The summed E-state index contributed by atoms with van der Waals surface area (Å²) < 4.78 is 3.05. The predicted molar refractivity (Wildman–Crippen MR) is 56.2 cm³/mol. The van der Waals surface area contributed by atoms with Crippen molar-refractivity contribution in [3.8, 4) is 0 Å². The van der Waals surface area contributed by atoms with Gasteiger partial charge in [0.15, 0.2) is 0 Å². The number of hydrogen-bond acceptors (Lipinski definition) is 1. The molecule has 0 saturated carbocycles. The standard InChI is InChI=1S/C5HBr4NO/c6-2-1-3(7)5(9)10(11)4(2)8/h1H. The fourth-order valence-electron chi connectivity index (χ4n) is 0.511. The van der Waals surface area contributed by atoms with Crippen molar-refractivity contribution in [3.63, 3.8) is 0 Å². The lowest BCUT2D eigenvalue weighted by Crippen LogP contribution is -2.30. The SMILES string of the molecule is [O-][n+]1c(Br)c(Br)cc(Br)c1Br. The highest BCUT2D eigenvalue weighted by molar-refractivity contribution is 9.13. The Balaban J connectivity index is 3.46. The Hall–Kier alpha value is 0.870. The first-order valence-electron chi connectivity index (χ1n) is 2.46. The highest BCUT2D eigenvalue weighted by Crippen LogP contribution is 2.27. The summed E-state index contributed by atoms with van der Waals surface area (Å²) in [5, 5.41) is 11.2. The van der Waals surface area contributed by atoms with Gasteiger partial charge >= 0.3 is 0 Å². The highest BCUT2D eigenvalue weighted by atomic mass is 79.9. The second kappa shape index (κ2) is 3.72. The summed E-state index contributed by atoms with van der Waals surface area (Å²) in [6, 6.07) is 1.78. The van der Waals surface area contributed by atoms with Crippen molar-refractivity contribution in [2.75, 3.05) is 0 Å². The fraction of sp³-hybridized carbons (Fsp3) is 0. The molecule has 0 fully saturated rings.